The van der Waals surface area contributed by atoms with Crippen LogP contribution in [0.5, 0.6) is 5.75 Å². The number of Topliss-reactive ketones (excluding diaryl/α,β-unsaturated/α-hetero) is 1. The molecule has 108 valence electrons. The number of furan rings is 1. The molecule has 0 saturated carbocycles. The second-order valence-corrected chi connectivity index (χ2v) is 4.84. The minimum Gasteiger partial charge on any atom is -0.505 e. The SMILES string of the molecule is O=C(Nc1ccc(F)c(O)c1)c1coc2c1C(=O)CCC2. The zero-order chi connectivity index (χ0) is 15.0. The van der Waals surface area contributed by atoms with Gasteiger partial charge in [-0.25, -0.2) is 4.39 Å². The van der Waals surface area contributed by atoms with Gasteiger partial charge in [-0.05, 0) is 18.6 Å². The predicted octanol–water partition coefficient (Wildman–Crippen LogP) is 2.90. The van der Waals surface area contributed by atoms with Gasteiger partial charge in [-0.1, -0.05) is 0 Å². The summed E-state index contributed by atoms with van der Waals surface area (Å²) in [5.41, 5.74) is 0.723. The molecule has 0 spiro atoms. The van der Waals surface area contributed by atoms with Crippen LogP contribution in [0.15, 0.2) is 28.9 Å². The zero-order valence-corrected chi connectivity index (χ0v) is 11.0. The molecule has 3 rings (SSSR count). The molecule has 2 aromatic rings. The van der Waals surface area contributed by atoms with Gasteiger partial charge >= 0.3 is 0 Å². The molecule has 1 aliphatic carbocycles. The van der Waals surface area contributed by atoms with E-state index in [4.69, 9.17) is 4.42 Å². The van der Waals surface area contributed by atoms with E-state index in [0.717, 1.165) is 12.1 Å². The van der Waals surface area contributed by atoms with Gasteiger partial charge < -0.3 is 14.8 Å². The molecule has 2 N–H and O–H groups in total. The van der Waals surface area contributed by atoms with Gasteiger partial charge in [0.1, 0.15) is 12.0 Å². The number of rotatable bonds is 2. The number of carbonyl (C=O) groups is 2. The normalized spacial score (nSPS) is 13.9. The Morgan fingerprint density at radius 1 is 1.33 bits per heavy atom. The Morgan fingerprint density at radius 2 is 2.14 bits per heavy atom. The lowest BCUT2D eigenvalue weighted by Gasteiger charge is -2.10. The number of amides is 1. The molecule has 0 unspecified atom stereocenters. The molecule has 1 aromatic heterocycles. The molecule has 0 bridgehead atoms. The summed E-state index contributed by atoms with van der Waals surface area (Å²) in [6, 6.07) is 3.46. The second-order valence-electron chi connectivity index (χ2n) is 4.84. The number of hydrogen-bond donors (Lipinski definition) is 2. The molecular formula is C15H12FNO4. The van der Waals surface area contributed by atoms with Gasteiger partial charge in [0.15, 0.2) is 17.3 Å². The molecule has 5 nitrogen and oxygen atoms in total. The van der Waals surface area contributed by atoms with Crippen LogP contribution in [0.25, 0.3) is 0 Å². The molecule has 21 heavy (non-hydrogen) atoms. The van der Waals surface area contributed by atoms with Gasteiger partial charge in [-0.15, -0.1) is 0 Å². The van der Waals surface area contributed by atoms with Crippen molar-refractivity contribution in [3.8, 4) is 5.75 Å². The maximum Gasteiger partial charge on any atom is 0.259 e. The summed E-state index contributed by atoms with van der Waals surface area (Å²) in [6.45, 7) is 0. The highest BCUT2D eigenvalue weighted by Crippen LogP contribution is 2.27. The first-order chi connectivity index (χ1) is 10.1. The summed E-state index contributed by atoms with van der Waals surface area (Å²) in [7, 11) is 0. The third kappa shape index (κ3) is 2.40. The maximum absolute atomic E-state index is 13.0. The Kier molecular flexibility index (Phi) is 3.21. The van der Waals surface area contributed by atoms with Crippen LogP contribution in [0, 0.1) is 5.82 Å². The smallest absolute Gasteiger partial charge is 0.259 e. The number of aryl methyl sites for hydroxylation is 1. The highest BCUT2D eigenvalue weighted by atomic mass is 19.1. The molecule has 1 aromatic carbocycles. The van der Waals surface area contributed by atoms with Crippen LogP contribution in [0.3, 0.4) is 0 Å². The van der Waals surface area contributed by atoms with Gasteiger partial charge in [0, 0.05) is 24.6 Å². The lowest BCUT2D eigenvalue weighted by atomic mass is 9.94. The minimum atomic E-state index is -0.774. The number of ketones is 1. The minimum absolute atomic E-state index is 0.114. The van der Waals surface area contributed by atoms with Crippen LogP contribution in [-0.2, 0) is 6.42 Å². The van der Waals surface area contributed by atoms with Crippen molar-refractivity contribution >= 4 is 17.4 Å². The van der Waals surface area contributed by atoms with E-state index in [2.05, 4.69) is 5.32 Å². The van der Waals surface area contributed by atoms with E-state index in [1.165, 1.54) is 12.3 Å². The third-order valence-electron chi connectivity index (χ3n) is 3.40. The summed E-state index contributed by atoms with van der Waals surface area (Å²) in [5, 5.41) is 11.8. The molecule has 0 radical (unpaired) electrons. The first-order valence-electron chi connectivity index (χ1n) is 6.49. The summed E-state index contributed by atoms with van der Waals surface area (Å²) >= 11 is 0. The van der Waals surface area contributed by atoms with Gasteiger partial charge in [0.2, 0.25) is 0 Å². The number of nitrogens with one attached hydrogen (secondary N) is 1. The first kappa shape index (κ1) is 13.4. The van der Waals surface area contributed by atoms with Crippen molar-refractivity contribution in [3.63, 3.8) is 0 Å². The summed E-state index contributed by atoms with van der Waals surface area (Å²) in [6.07, 6.45) is 2.99. The topological polar surface area (TPSA) is 79.5 Å². The van der Waals surface area contributed by atoms with Gasteiger partial charge in [0.05, 0.1) is 11.1 Å². The van der Waals surface area contributed by atoms with Gasteiger partial charge in [0.25, 0.3) is 5.91 Å². The quantitative estimate of drug-likeness (QED) is 0.891. The molecule has 1 heterocycles. The third-order valence-corrected chi connectivity index (χ3v) is 3.40. The van der Waals surface area contributed by atoms with E-state index in [-0.39, 0.29) is 17.0 Å². The van der Waals surface area contributed by atoms with Crippen molar-refractivity contribution in [1.82, 2.24) is 0 Å². The number of anilines is 1. The van der Waals surface area contributed by atoms with Crippen molar-refractivity contribution in [2.75, 3.05) is 5.32 Å². The Morgan fingerprint density at radius 3 is 2.90 bits per heavy atom. The van der Waals surface area contributed by atoms with E-state index < -0.39 is 17.5 Å². The Labute approximate surface area is 119 Å². The lowest BCUT2D eigenvalue weighted by Crippen LogP contribution is -2.17. The number of phenols is 1. The number of carbonyl (C=O) groups excluding carboxylic acids is 2. The van der Waals surface area contributed by atoms with E-state index in [0.29, 0.717) is 30.6 Å². The predicted molar refractivity (Wildman–Crippen MR) is 72.0 cm³/mol. The summed E-state index contributed by atoms with van der Waals surface area (Å²) in [4.78, 5) is 24.1. The van der Waals surface area contributed by atoms with Crippen molar-refractivity contribution in [3.05, 3.63) is 47.2 Å². The van der Waals surface area contributed by atoms with Crippen LogP contribution in [0.4, 0.5) is 10.1 Å². The van der Waals surface area contributed by atoms with Gasteiger partial charge in [-0.2, -0.15) is 0 Å². The first-order valence-corrected chi connectivity index (χ1v) is 6.49. The van der Waals surface area contributed by atoms with E-state index in [1.807, 2.05) is 0 Å². The van der Waals surface area contributed by atoms with Crippen LogP contribution in [0.1, 0.15) is 39.3 Å². The maximum atomic E-state index is 13.0. The number of halogens is 1. The Balaban J connectivity index is 1.87. The molecule has 0 atom stereocenters. The number of phenolic OH excluding ortho intramolecular Hbond substituents is 1. The summed E-state index contributed by atoms with van der Waals surface area (Å²) < 4.78 is 18.2. The molecule has 0 saturated heterocycles. The largest absolute Gasteiger partial charge is 0.505 e. The van der Waals surface area contributed by atoms with Crippen LogP contribution in [0.2, 0.25) is 0 Å². The molecular weight excluding hydrogens is 277 g/mol. The van der Waals surface area contributed by atoms with E-state index in [9.17, 15) is 19.1 Å². The second kappa shape index (κ2) is 5.05. The lowest BCUT2D eigenvalue weighted by molar-refractivity contribution is 0.0955. The standard InChI is InChI=1S/C15H12FNO4/c16-10-5-4-8(6-12(10)19)17-15(20)9-7-21-13-3-1-2-11(18)14(9)13/h4-7,19H,1-3H2,(H,17,20). The highest BCUT2D eigenvalue weighted by Gasteiger charge is 2.27. The molecule has 1 amide bonds. The highest BCUT2D eigenvalue weighted by molar-refractivity contribution is 6.13. The average Bonchev–Trinajstić information content (AvgIpc) is 2.88. The van der Waals surface area contributed by atoms with Gasteiger partial charge in [-0.3, -0.25) is 9.59 Å². The van der Waals surface area contributed by atoms with Crippen molar-refractivity contribution in [1.29, 1.82) is 0 Å². The molecule has 0 fully saturated rings. The number of benzene rings is 1. The van der Waals surface area contributed by atoms with Crippen molar-refractivity contribution < 1.29 is 23.5 Å². The number of fused-ring (bicyclic) bond motifs is 1. The Hall–Kier alpha value is -2.63. The molecule has 1 aliphatic rings. The van der Waals surface area contributed by atoms with E-state index >= 15 is 0 Å². The van der Waals surface area contributed by atoms with Crippen LogP contribution in [-0.4, -0.2) is 16.8 Å². The fourth-order valence-electron chi connectivity index (χ4n) is 2.38. The fraction of sp³-hybridized carbons (Fsp3) is 0.200. The van der Waals surface area contributed by atoms with Crippen LogP contribution >= 0.6 is 0 Å². The Bertz CT molecular complexity index is 735. The van der Waals surface area contributed by atoms with Crippen LogP contribution < -0.4 is 5.32 Å². The number of aromatic hydroxyl groups is 1. The summed E-state index contributed by atoms with van der Waals surface area (Å²) in [5.74, 6) is -1.45. The average molecular weight is 289 g/mol. The monoisotopic (exact) mass is 289 g/mol. The van der Waals surface area contributed by atoms with Crippen molar-refractivity contribution in [2.24, 2.45) is 0 Å². The molecule has 6 heteroatoms. The van der Waals surface area contributed by atoms with Crippen molar-refractivity contribution in [2.45, 2.75) is 19.3 Å². The zero-order valence-electron chi connectivity index (χ0n) is 11.0. The molecule has 0 aliphatic heterocycles. The van der Waals surface area contributed by atoms with E-state index in [1.54, 1.807) is 0 Å². The fourth-order valence-corrected chi connectivity index (χ4v) is 2.38. The number of hydrogen-bond acceptors (Lipinski definition) is 4.